The monoisotopic (exact) mass is 502 g/mol. The van der Waals surface area contributed by atoms with Gasteiger partial charge in [0.25, 0.3) is 5.56 Å². The van der Waals surface area contributed by atoms with Crippen molar-refractivity contribution >= 4 is 44.9 Å². The molecule has 0 saturated carbocycles. The molecular weight excluding hydrogens is 472 g/mol. The second-order valence-electron chi connectivity index (χ2n) is 10.6. The molecule has 4 aliphatic rings. The summed E-state index contributed by atoms with van der Waals surface area (Å²) in [5.41, 5.74) is 4.82. The Labute approximate surface area is 214 Å². The first-order chi connectivity index (χ1) is 17.6. The molecule has 8 heteroatoms. The summed E-state index contributed by atoms with van der Waals surface area (Å²) in [7, 11) is 0. The van der Waals surface area contributed by atoms with E-state index in [-0.39, 0.29) is 5.56 Å². The molecule has 186 valence electrons. The van der Waals surface area contributed by atoms with Crippen LogP contribution < -0.4 is 15.8 Å². The van der Waals surface area contributed by atoms with E-state index < -0.39 is 0 Å². The number of fused-ring (bicyclic) bond motifs is 5. The molecular formula is C28H31ClN6O. The normalized spacial score (nSPS) is 24.0. The summed E-state index contributed by atoms with van der Waals surface area (Å²) in [6.45, 7) is 5.33. The summed E-state index contributed by atoms with van der Waals surface area (Å²) in [6, 6.07) is 12.3. The van der Waals surface area contributed by atoms with Gasteiger partial charge in [0, 0.05) is 31.1 Å². The number of para-hydroxylation sites is 2. The number of benzene rings is 2. The molecule has 0 aliphatic carbocycles. The van der Waals surface area contributed by atoms with Crippen molar-refractivity contribution in [1.82, 2.24) is 19.9 Å². The Morgan fingerprint density at radius 2 is 1.78 bits per heavy atom. The lowest BCUT2D eigenvalue weighted by atomic mass is 9.83. The van der Waals surface area contributed by atoms with Crippen molar-refractivity contribution in [3.8, 4) is 11.4 Å². The second-order valence-corrected chi connectivity index (χ2v) is 11.0. The van der Waals surface area contributed by atoms with Crippen LogP contribution in [-0.4, -0.2) is 58.6 Å². The maximum atomic E-state index is 13.7. The molecule has 7 nitrogen and oxygen atoms in total. The number of aromatic nitrogens is 3. The van der Waals surface area contributed by atoms with Crippen molar-refractivity contribution < 1.29 is 0 Å². The van der Waals surface area contributed by atoms with Crippen LogP contribution in [0.1, 0.15) is 32.1 Å². The minimum Gasteiger partial charge on any atom is -0.379 e. The number of imidazole rings is 1. The number of hydrogen-bond acceptors (Lipinski definition) is 5. The highest BCUT2D eigenvalue weighted by Crippen LogP contribution is 2.39. The fourth-order valence-corrected chi connectivity index (χ4v) is 6.73. The van der Waals surface area contributed by atoms with Gasteiger partial charge in [0.15, 0.2) is 0 Å². The fourth-order valence-electron chi connectivity index (χ4n) is 6.44. The van der Waals surface area contributed by atoms with Crippen molar-refractivity contribution in [2.75, 3.05) is 42.9 Å². The molecule has 4 saturated heterocycles. The van der Waals surface area contributed by atoms with Gasteiger partial charge in [-0.05, 0) is 75.4 Å². The first kappa shape index (κ1) is 22.2. The topological polar surface area (TPSA) is 80.1 Å². The Morgan fingerprint density at radius 1 is 0.972 bits per heavy atom. The number of anilines is 2. The van der Waals surface area contributed by atoms with Gasteiger partial charge in [0.1, 0.15) is 11.4 Å². The predicted molar refractivity (Wildman–Crippen MR) is 147 cm³/mol. The first-order valence-electron chi connectivity index (χ1n) is 13.2. The van der Waals surface area contributed by atoms with Gasteiger partial charge in [0.05, 0.1) is 32.9 Å². The van der Waals surface area contributed by atoms with Crippen LogP contribution in [0.25, 0.3) is 33.3 Å². The Morgan fingerprint density at radius 3 is 2.53 bits per heavy atom. The summed E-state index contributed by atoms with van der Waals surface area (Å²) in [4.78, 5) is 29.9. The van der Waals surface area contributed by atoms with Gasteiger partial charge < -0.3 is 25.1 Å². The van der Waals surface area contributed by atoms with E-state index in [2.05, 4.69) is 31.2 Å². The van der Waals surface area contributed by atoms with Gasteiger partial charge in [-0.3, -0.25) is 4.79 Å². The maximum Gasteiger partial charge on any atom is 0.261 e. The molecule has 0 radical (unpaired) electrons. The third kappa shape index (κ3) is 3.76. The molecule has 0 spiro atoms. The summed E-state index contributed by atoms with van der Waals surface area (Å²) >= 11 is 6.92. The summed E-state index contributed by atoms with van der Waals surface area (Å²) in [5, 5.41) is 5.50. The van der Waals surface area contributed by atoms with E-state index in [1.165, 1.54) is 45.2 Å². The molecule has 36 heavy (non-hydrogen) atoms. The van der Waals surface area contributed by atoms with E-state index in [1.54, 1.807) is 0 Å². The van der Waals surface area contributed by atoms with Crippen LogP contribution in [0.5, 0.6) is 0 Å². The number of pyridine rings is 1. The Kier molecular flexibility index (Phi) is 5.44. The van der Waals surface area contributed by atoms with Crippen LogP contribution in [0, 0.1) is 5.92 Å². The summed E-state index contributed by atoms with van der Waals surface area (Å²) < 4.78 is 0. The van der Waals surface area contributed by atoms with E-state index in [9.17, 15) is 4.79 Å². The quantitative estimate of drug-likeness (QED) is 0.356. The molecule has 4 fully saturated rings. The van der Waals surface area contributed by atoms with E-state index in [4.69, 9.17) is 16.6 Å². The number of rotatable bonds is 4. The number of nitrogens with zero attached hydrogens (tertiary/aromatic N) is 3. The van der Waals surface area contributed by atoms with Crippen molar-refractivity contribution in [3.63, 3.8) is 0 Å². The SMILES string of the molecule is O=c1[nH]c2cc(N3CCCCC3)c(Cl)cc2c(N[C@H]2CN3CCC2CC3)c1-c1nc2ccccc2[nH]1. The third-order valence-corrected chi connectivity index (χ3v) is 8.69. The van der Waals surface area contributed by atoms with Crippen LogP contribution >= 0.6 is 11.6 Å². The molecule has 2 bridgehead atoms. The zero-order valence-electron chi connectivity index (χ0n) is 20.3. The number of piperidine rings is 4. The zero-order valence-corrected chi connectivity index (χ0v) is 21.1. The largest absolute Gasteiger partial charge is 0.379 e. The minimum absolute atomic E-state index is 0.141. The smallest absolute Gasteiger partial charge is 0.261 e. The lowest BCUT2D eigenvalue weighted by molar-refractivity contribution is 0.0976. The number of H-pyrrole nitrogens is 2. The van der Waals surface area contributed by atoms with Crippen molar-refractivity contribution in [3.05, 3.63) is 51.8 Å². The fraction of sp³-hybridized carbons (Fsp3) is 0.429. The van der Waals surface area contributed by atoms with E-state index in [0.717, 1.165) is 58.0 Å². The van der Waals surface area contributed by atoms with Crippen LogP contribution in [-0.2, 0) is 0 Å². The van der Waals surface area contributed by atoms with Gasteiger partial charge in [-0.25, -0.2) is 4.98 Å². The van der Waals surface area contributed by atoms with Crippen molar-refractivity contribution in [2.45, 2.75) is 38.1 Å². The summed E-state index contributed by atoms with van der Waals surface area (Å²) in [6.07, 6.45) is 5.98. The number of aromatic amines is 2. The number of nitrogens with one attached hydrogen (secondary N) is 3. The lowest BCUT2D eigenvalue weighted by Gasteiger charge is -2.45. The van der Waals surface area contributed by atoms with Gasteiger partial charge >= 0.3 is 0 Å². The number of hydrogen-bond donors (Lipinski definition) is 3. The minimum atomic E-state index is -0.141. The Balaban J connectivity index is 1.41. The first-order valence-corrected chi connectivity index (χ1v) is 13.6. The molecule has 8 rings (SSSR count). The van der Waals surface area contributed by atoms with Crippen LogP contribution in [0.4, 0.5) is 11.4 Å². The van der Waals surface area contributed by atoms with Gasteiger partial charge in [-0.1, -0.05) is 23.7 Å². The van der Waals surface area contributed by atoms with Crippen LogP contribution in [0.2, 0.25) is 5.02 Å². The second kappa shape index (κ2) is 8.82. The molecule has 3 N–H and O–H groups in total. The molecule has 2 aromatic carbocycles. The summed E-state index contributed by atoms with van der Waals surface area (Å²) in [5.74, 6) is 1.19. The number of halogens is 1. The average molecular weight is 503 g/mol. The highest BCUT2D eigenvalue weighted by molar-refractivity contribution is 6.34. The van der Waals surface area contributed by atoms with Gasteiger partial charge in [-0.2, -0.15) is 0 Å². The molecule has 0 unspecified atom stereocenters. The van der Waals surface area contributed by atoms with Crippen molar-refractivity contribution in [2.24, 2.45) is 5.92 Å². The van der Waals surface area contributed by atoms with Gasteiger partial charge in [-0.15, -0.1) is 0 Å². The lowest BCUT2D eigenvalue weighted by Crippen LogP contribution is -2.53. The highest BCUT2D eigenvalue weighted by atomic mass is 35.5. The Bertz CT molecular complexity index is 1460. The highest BCUT2D eigenvalue weighted by Gasteiger charge is 2.35. The molecule has 0 amide bonds. The molecule has 4 aliphatic heterocycles. The third-order valence-electron chi connectivity index (χ3n) is 8.39. The van der Waals surface area contributed by atoms with E-state index in [0.29, 0.717) is 23.3 Å². The molecule has 6 heterocycles. The Hall–Kier alpha value is -3.03. The van der Waals surface area contributed by atoms with Crippen LogP contribution in [0.3, 0.4) is 0 Å². The zero-order chi connectivity index (χ0) is 24.2. The van der Waals surface area contributed by atoms with E-state index >= 15 is 0 Å². The van der Waals surface area contributed by atoms with Crippen molar-refractivity contribution in [1.29, 1.82) is 0 Å². The maximum absolute atomic E-state index is 13.7. The van der Waals surface area contributed by atoms with Crippen LogP contribution in [0.15, 0.2) is 41.2 Å². The standard InChI is InChI=1S/C28H31ClN6O/c29-19-14-18-22(15-24(19)35-10-4-1-5-11-35)33-28(36)25(27-31-20-6-2-3-7-21(20)32-27)26(18)30-23-16-34-12-8-17(23)9-13-34/h2-3,6-7,14-15,17,23H,1,4-5,8-13,16H2,(H,31,32)(H2,30,33,36)/t23-/m0/s1. The molecule has 4 aromatic rings. The predicted octanol–water partition coefficient (Wildman–Crippen LogP) is 5.22. The van der Waals surface area contributed by atoms with E-state index in [1.807, 2.05) is 30.3 Å². The van der Waals surface area contributed by atoms with Gasteiger partial charge in [0.2, 0.25) is 0 Å². The molecule has 2 aromatic heterocycles. The molecule has 1 atom stereocenters. The average Bonchev–Trinajstić information content (AvgIpc) is 3.34.